The van der Waals surface area contributed by atoms with E-state index in [9.17, 15) is 4.79 Å². The predicted molar refractivity (Wildman–Crippen MR) is 57.6 cm³/mol. The third kappa shape index (κ3) is 2.10. The second-order valence-corrected chi connectivity index (χ2v) is 4.10. The third-order valence-corrected chi connectivity index (χ3v) is 3.10. The minimum absolute atomic E-state index is 0.203. The zero-order chi connectivity index (χ0) is 10.7. The molecule has 0 radical (unpaired) electrons. The molecule has 1 aliphatic carbocycles. The highest BCUT2D eigenvalue weighted by atomic mass is 16.1. The van der Waals surface area contributed by atoms with Gasteiger partial charge in [-0.1, -0.05) is 19.3 Å². The van der Waals surface area contributed by atoms with Gasteiger partial charge < -0.3 is 4.98 Å². The molecule has 1 saturated carbocycles. The Morgan fingerprint density at radius 1 is 1.27 bits per heavy atom. The van der Waals surface area contributed by atoms with Gasteiger partial charge in [0.25, 0.3) is 5.56 Å². The molecule has 0 saturated heterocycles. The van der Waals surface area contributed by atoms with E-state index in [2.05, 4.69) is 4.98 Å². The van der Waals surface area contributed by atoms with Gasteiger partial charge in [0.1, 0.15) is 11.6 Å². The quantitative estimate of drug-likeness (QED) is 0.759. The van der Waals surface area contributed by atoms with E-state index < -0.39 is 0 Å². The third-order valence-electron chi connectivity index (χ3n) is 3.10. The molecule has 0 amide bonds. The standard InChI is InChI=1S/C12H14N2O/c13-8-10-6-7-11(14-12(10)15)9-4-2-1-3-5-9/h6-7,9H,1-5H2,(H,14,15). The van der Waals surface area contributed by atoms with E-state index in [1.807, 2.05) is 12.1 Å². The smallest absolute Gasteiger partial charge is 0.266 e. The van der Waals surface area contributed by atoms with Crippen molar-refractivity contribution >= 4 is 0 Å². The Kier molecular flexibility index (Phi) is 2.86. The zero-order valence-corrected chi connectivity index (χ0v) is 8.62. The highest BCUT2D eigenvalue weighted by molar-refractivity contribution is 5.27. The molecule has 0 bridgehead atoms. The van der Waals surface area contributed by atoms with Crippen LogP contribution in [-0.4, -0.2) is 4.98 Å². The van der Waals surface area contributed by atoms with Crippen LogP contribution in [0.5, 0.6) is 0 Å². The Bertz CT molecular complexity index is 436. The molecule has 1 aromatic rings. The van der Waals surface area contributed by atoms with Gasteiger partial charge >= 0.3 is 0 Å². The van der Waals surface area contributed by atoms with Crippen LogP contribution in [-0.2, 0) is 0 Å². The number of nitrogens with one attached hydrogen (secondary N) is 1. The van der Waals surface area contributed by atoms with Crippen molar-refractivity contribution in [3.63, 3.8) is 0 Å². The molecule has 0 aromatic carbocycles. The number of aromatic nitrogens is 1. The molecule has 1 aromatic heterocycles. The Hall–Kier alpha value is -1.56. The summed E-state index contributed by atoms with van der Waals surface area (Å²) < 4.78 is 0. The molecule has 0 unspecified atom stereocenters. The zero-order valence-electron chi connectivity index (χ0n) is 8.62. The molecule has 1 N–H and O–H groups in total. The van der Waals surface area contributed by atoms with Crippen LogP contribution < -0.4 is 5.56 Å². The molecule has 2 rings (SSSR count). The SMILES string of the molecule is N#Cc1ccc(C2CCCCC2)[nH]c1=O. The lowest BCUT2D eigenvalue weighted by Crippen LogP contribution is -2.15. The monoisotopic (exact) mass is 202 g/mol. The van der Waals surface area contributed by atoms with Gasteiger partial charge in [0.05, 0.1) is 0 Å². The Balaban J connectivity index is 2.26. The fourth-order valence-electron chi connectivity index (χ4n) is 2.23. The van der Waals surface area contributed by atoms with Crippen LogP contribution in [0.25, 0.3) is 0 Å². The summed E-state index contributed by atoms with van der Waals surface area (Å²) in [6.45, 7) is 0. The van der Waals surface area contributed by atoms with Crippen LogP contribution in [0.3, 0.4) is 0 Å². The summed E-state index contributed by atoms with van der Waals surface area (Å²) in [6, 6.07) is 5.39. The second kappa shape index (κ2) is 4.31. The number of aromatic amines is 1. The normalized spacial score (nSPS) is 17.3. The van der Waals surface area contributed by atoms with Crippen LogP contribution in [0.4, 0.5) is 0 Å². The van der Waals surface area contributed by atoms with Crippen LogP contribution in [0, 0.1) is 11.3 Å². The minimum atomic E-state index is -0.249. The van der Waals surface area contributed by atoms with E-state index in [0.29, 0.717) is 5.92 Å². The van der Waals surface area contributed by atoms with Crippen LogP contribution >= 0.6 is 0 Å². The molecule has 0 aliphatic heterocycles. The summed E-state index contributed by atoms with van der Waals surface area (Å²) in [6.07, 6.45) is 6.10. The molecule has 0 atom stereocenters. The van der Waals surface area contributed by atoms with Crippen molar-refractivity contribution in [3.05, 3.63) is 33.7 Å². The first-order chi connectivity index (χ1) is 7.31. The van der Waals surface area contributed by atoms with Crippen molar-refractivity contribution in [1.82, 2.24) is 4.98 Å². The number of hydrogen-bond acceptors (Lipinski definition) is 2. The van der Waals surface area contributed by atoms with E-state index in [-0.39, 0.29) is 11.1 Å². The van der Waals surface area contributed by atoms with Crippen molar-refractivity contribution in [3.8, 4) is 6.07 Å². The lowest BCUT2D eigenvalue weighted by Gasteiger charge is -2.21. The maximum absolute atomic E-state index is 11.4. The molecular weight excluding hydrogens is 188 g/mol. The van der Waals surface area contributed by atoms with Crippen molar-refractivity contribution in [2.45, 2.75) is 38.0 Å². The summed E-state index contributed by atoms with van der Waals surface area (Å²) in [4.78, 5) is 14.3. The van der Waals surface area contributed by atoms with Crippen molar-refractivity contribution in [1.29, 1.82) is 5.26 Å². The maximum atomic E-state index is 11.4. The topological polar surface area (TPSA) is 56.6 Å². The molecule has 1 fully saturated rings. The highest BCUT2D eigenvalue weighted by Gasteiger charge is 2.16. The molecule has 3 heteroatoms. The van der Waals surface area contributed by atoms with Crippen LogP contribution in [0.2, 0.25) is 0 Å². The van der Waals surface area contributed by atoms with E-state index >= 15 is 0 Å². The van der Waals surface area contributed by atoms with Gasteiger partial charge in [-0.2, -0.15) is 5.26 Å². The number of nitriles is 1. The second-order valence-electron chi connectivity index (χ2n) is 4.10. The van der Waals surface area contributed by atoms with E-state index in [4.69, 9.17) is 5.26 Å². The number of H-pyrrole nitrogens is 1. The summed E-state index contributed by atoms with van der Waals surface area (Å²) in [5.41, 5.74) is 0.953. The Morgan fingerprint density at radius 2 is 2.00 bits per heavy atom. The summed E-state index contributed by atoms with van der Waals surface area (Å²) in [5, 5.41) is 8.65. The Morgan fingerprint density at radius 3 is 2.60 bits per heavy atom. The molecule has 78 valence electrons. The van der Waals surface area contributed by atoms with Gasteiger partial charge in [0.15, 0.2) is 0 Å². The van der Waals surface area contributed by atoms with Crippen molar-refractivity contribution in [2.24, 2.45) is 0 Å². The lowest BCUT2D eigenvalue weighted by atomic mass is 9.86. The van der Waals surface area contributed by atoms with E-state index in [0.717, 1.165) is 18.5 Å². The number of nitrogens with zero attached hydrogens (tertiary/aromatic N) is 1. The van der Waals surface area contributed by atoms with Crippen LogP contribution in [0.1, 0.15) is 49.3 Å². The predicted octanol–water partition coefficient (Wildman–Crippen LogP) is 2.29. The Labute approximate surface area is 88.8 Å². The number of rotatable bonds is 1. The molecule has 3 nitrogen and oxygen atoms in total. The van der Waals surface area contributed by atoms with E-state index in [1.54, 1.807) is 6.07 Å². The molecule has 15 heavy (non-hydrogen) atoms. The fourth-order valence-corrected chi connectivity index (χ4v) is 2.23. The number of hydrogen-bond donors (Lipinski definition) is 1. The van der Waals surface area contributed by atoms with Gasteiger partial charge in [-0.3, -0.25) is 4.79 Å². The first-order valence-corrected chi connectivity index (χ1v) is 5.44. The molecular formula is C12H14N2O. The van der Waals surface area contributed by atoms with E-state index in [1.165, 1.54) is 19.3 Å². The average molecular weight is 202 g/mol. The average Bonchev–Trinajstić information content (AvgIpc) is 2.30. The minimum Gasteiger partial charge on any atom is -0.325 e. The lowest BCUT2D eigenvalue weighted by molar-refractivity contribution is 0.436. The first kappa shape index (κ1) is 9.97. The maximum Gasteiger partial charge on any atom is 0.266 e. The molecule has 0 spiro atoms. The number of pyridine rings is 1. The van der Waals surface area contributed by atoms with Crippen LogP contribution in [0.15, 0.2) is 16.9 Å². The highest BCUT2D eigenvalue weighted by Crippen LogP contribution is 2.30. The molecule has 1 aliphatic rings. The summed E-state index contributed by atoms with van der Waals surface area (Å²) >= 11 is 0. The van der Waals surface area contributed by atoms with Crippen molar-refractivity contribution < 1.29 is 0 Å². The van der Waals surface area contributed by atoms with Crippen molar-refractivity contribution in [2.75, 3.05) is 0 Å². The van der Waals surface area contributed by atoms with Gasteiger partial charge in [0.2, 0.25) is 0 Å². The summed E-state index contributed by atoms with van der Waals surface area (Å²) in [7, 11) is 0. The van der Waals surface area contributed by atoms with Gasteiger partial charge in [-0.05, 0) is 30.9 Å². The molecule has 1 heterocycles. The fraction of sp³-hybridized carbons (Fsp3) is 0.500. The van der Waals surface area contributed by atoms with Gasteiger partial charge in [-0.25, -0.2) is 0 Å². The van der Waals surface area contributed by atoms with Gasteiger partial charge in [-0.15, -0.1) is 0 Å². The largest absolute Gasteiger partial charge is 0.325 e. The van der Waals surface area contributed by atoms with Gasteiger partial charge in [0, 0.05) is 5.69 Å². The summed E-state index contributed by atoms with van der Waals surface area (Å²) in [5.74, 6) is 0.485. The first-order valence-electron chi connectivity index (χ1n) is 5.44.